The molecule has 0 saturated heterocycles. The second kappa shape index (κ2) is 5.88. The van der Waals surface area contributed by atoms with E-state index in [1.807, 2.05) is 22.7 Å². The molecule has 2 N–H and O–H groups in total. The number of aryl methyl sites for hydroxylation is 1. The molecule has 0 atom stereocenters. The molecule has 0 bridgehead atoms. The molecule has 3 nitrogen and oxygen atoms in total. The van der Waals surface area contributed by atoms with Gasteiger partial charge in [-0.05, 0) is 30.7 Å². The quantitative estimate of drug-likeness (QED) is 0.798. The van der Waals surface area contributed by atoms with Crippen LogP contribution in [0.4, 0.5) is 0 Å². The van der Waals surface area contributed by atoms with Gasteiger partial charge in [0.15, 0.2) is 0 Å². The Balaban J connectivity index is 2.21. The van der Waals surface area contributed by atoms with Crippen LogP contribution < -0.4 is 5.73 Å². The largest absolute Gasteiger partial charge is 0.330 e. The van der Waals surface area contributed by atoms with Gasteiger partial charge in [0.2, 0.25) is 0 Å². The molecular weight excluding hydrogens is 282 g/mol. The molecule has 0 amide bonds. The Bertz CT molecular complexity index is 760. The summed E-state index contributed by atoms with van der Waals surface area (Å²) in [4.78, 5) is 4.69. The van der Waals surface area contributed by atoms with E-state index in [-0.39, 0.29) is 0 Å². The first-order chi connectivity index (χ1) is 10.2. The van der Waals surface area contributed by atoms with E-state index < -0.39 is 0 Å². The predicted molar refractivity (Wildman–Crippen MR) is 87.8 cm³/mol. The summed E-state index contributed by atoms with van der Waals surface area (Å²) in [5.74, 6) is 0. The Morgan fingerprint density at radius 2 is 1.90 bits per heavy atom. The first kappa shape index (κ1) is 14.1. The number of benzene rings is 1. The lowest BCUT2D eigenvalue weighted by Crippen LogP contribution is -2.04. The Labute approximate surface area is 129 Å². The normalized spacial score (nSPS) is 11.2. The highest BCUT2D eigenvalue weighted by Gasteiger charge is 2.13. The van der Waals surface area contributed by atoms with Crippen LogP contribution in [0.25, 0.3) is 16.9 Å². The lowest BCUT2D eigenvalue weighted by molar-refractivity contribution is 0.939. The van der Waals surface area contributed by atoms with Crippen molar-refractivity contribution in [3.8, 4) is 11.3 Å². The van der Waals surface area contributed by atoms with Gasteiger partial charge in [-0.2, -0.15) is 0 Å². The van der Waals surface area contributed by atoms with E-state index >= 15 is 0 Å². The Morgan fingerprint density at radius 3 is 2.57 bits per heavy atom. The van der Waals surface area contributed by atoms with Gasteiger partial charge in [-0.3, -0.25) is 4.40 Å². The Hall–Kier alpha value is -1.84. The fourth-order valence-electron chi connectivity index (χ4n) is 2.58. The zero-order valence-corrected chi connectivity index (χ0v) is 12.8. The van der Waals surface area contributed by atoms with Gasteiger partial charge in [0.1, 0.15) is 5.65 Å². The molecule has 2 aromatic heterocycles. The standard InChI is InChI=1S/C17H18ClN3/c1-2-12-3-5-13(6-4-12)17-15(9-10-19)20-16-8-7-14(18)11-21(16)17/h3-8,11H,2,9-10,19H2,1H3. The van der Waals surface area contributed by atoms with Gasteiger partial charge in [-0.1, -0.05) is 42.8 Å². The number of fused-ring (bicyclic) bond motifs is 1. The highest BCUT2D eigenvalue weighted by Crippen LogP contribution is 2.27. The van der Waals surface area contributed by atoms with E-state index in [4.69, 9.17) is 17.3 Å². The fraction of sp³-hybridized carbons (Fsp3) is 0.235. The van der Waals surface area contributed by atoms with E-state index in [2.05, 4.69) is 36.2 Å². The van der Waals surface area contributed by atoms with Gasteiger partial charge in [0, 0.05) is 18.2 Å². The second-order valence-electron chi connectivity index (χ2n) is 5.07. The maximum Gasteiger partial charge on any atom is 0.137 e. The zero-order valence-electron chi connectivity index (χ0n) is 12.0. The highest BCUT2D eigenvalue weighted by atomic mass is 35.5. The van der Waals surface area contributed by atoms with Crippen LogP contribution in [0, 0.1) is 0 Å². The Morgan fingerprint density at radius 1 is 1.14 bits per heavy atom. The lowest BCUT2D eigenvalue weighted by Gasteiger charge is -2.06. The van der Waals surface area contributed by atoms with Crippen molar-refractivity contribution in [2.24, 2.45) is 5.73 Å². The summed E-state index contributed by atoms with van der Waals surface area (Å²) < 4.78 is 2.05. The summed E-state index contributed by atoms with van der Waals surface area (Å²) in [6.07, 6.45) is 3.70. The number of imidazole rings is 1. The molecule has 0 fully saturated rings. The topological polar surface area (TPSA) is 43.3 Å². The number of aromatic nitrogens is 2. The third-order valence-electron chi connectivity index (χ3n) is 3.67. The summed E-state index contributed by atoms with van der Waals surface area (Å²) in [5, 5.41) is 0.700. The summed E-state index contributed by atoms with van der Waals surface area (Å²) in [5.41, 5.74) is 11.2. The van der Waals surface area contributed by atoms with Crippen LogP contribution in [-0.4, -0.2) is 15.9 Å². The van der Waals surface area contributed by atoms with Crippen molar-refractivity contribution in [3.05, 3.63) is 58.9 Å². The van der Waals surface area contributed by atoms with E-state index in [9.17, 15) is 0 Å². The molecule has 3 rings (SSSR count). The van der Waals surface area contributed by atoms with E-state index in [0.717, 1.165) is 35.4 Å². The molecule has 0 aliphatic carbocycles. The van der Waals surface area contributed by atoms with Crippen LogP contribution in [0.3, 0.4) is 0 Å². The maximum atomic E-state index is 6.14. The molecule has 21 heavy (non-hydrogen) atoms. The van der Waals surface area contributed by atoms with E-state index in [1.165, 1.54) is 5.56 Å². The van der Waals surface area contributed by atoms with Crippen molar-refractivity contribution in [1.82, 2.24) is 9.38 Å². The first-order valence-electron chi connectivity index (χ1n) is 7.18. The molecule has 0 aliphatic heterocycles. The predicted octanol–water partition coefficient (Wildman–Crippen LogP) is 3.72. The molecule has 2 heterocycles. The number of hydrogen-bond acceptors (Lipinski definition) is 2. The number of pyridine rings is 1. The molecule has 0 saturated carbocycles. The first-order valence-corrected chi connectivity index (χ1v) is 7.56. The lowest BCUT2D eigenvalue weighted by atomic mass is 10.1. The van der Waals surface area contributed by atoms with Gasteiger partial charge in [-0.25, -0.2) is 4.98 Å². The van der Waals surface area contributed by atoms with Gasteiger partial charge >= 0.3 is 0 Å². The van der Waals surface area contributed by atoms with Crippen LogP contribution in [0.2, 0.25) is 5.02 Å². The summed E-state index contributed by atoms with van der Waals surface area (Å²) in [6, 6.07) is 12.4. The maximum absolute atomic E-state index is 6.14. The second-order valence-corrected chi connectivity index (χ2v) is 5.51. The Kier molecular flexibility index (Phi) is 3.95. The average molecular weight is 300 g/mol. The average Bonchev–Trinajstić information content (AvgIpc) is 2.85. The van der Waals surface area contributed by atoms with Crippen molar-refractivity contribution in [1.29, 1.82) is 0 Å². The van der Waals surface area contributed by atoms with Gasteiger partial charge in [-0.15, -0.1) is 0 Å². The summed E-state index contributed by atoms with van der Waals surface area (Å²) in [7, 11) is 0. The van der Waals surface area contributed by atoms with Crippen LogP contribution in [0.5, 0.6) is 0 Å². The van der Waals surface area contributed by atoms with Crippen molar-refractivity contribution >= 4 is 17.2 Å². The monoisotopic (exact) mass is 299 g/mol. The molecule has 108 valence electrons. The number of halogens is 1. The van der Waals surface area contributed by atoms with E-state index in [0.29, 0.717) is 11.6 Å². The van der Waals surface area contributed by atoms with Crippen molar-refractivity contribution in [2.75, 3.05) is 6.54 Å². The third-order valence-corrected chi connectivity index (χ3v) is 3.89. The molecule has 3 aromatic rings. The van der Waals surface area contributed by atoms with Gasteiger partial charge < -0.3 is 5.73 Å². The van der Waals surface area contributed by atoms with Crippen LogP contribution in [0.1, 0.15) is 18.2 Å². The highest BCUT2D eigenvalue weighted by molar-refractivity contribution is 6.30. The molecule has 4 heteroatoms. The minimum Gasteiger partial charge on any atom is -0.330 e. The van der Waals surface area contributed by atoms with Gasteiger partial charge in [0.25, 0.3) is 0 Å². The van der Waals surface area contributed by atoms with E-state index in [1.54, 1.807) is 0 Å². The smallest absolute Gasteiger partial charge is 0.137 e. The summed E-state index contributed by atoms with van der Waals surface area (Å²) in [6.45, 7) is 2.74. The molecule has 0 aliphatic rings. The SMILES string of the molecule is CCc1ccc(-c2c(CCN)nc3ccc(Cl)cn23)cc1. The number of rotatable bonds is 4. The molecule has 1 aromatic carbocycles. The minimum atomic E-state index is 0.581. The van der Waals surface area contributed by atoms with Crippen molar-refractivity contribution in [3.63, 3.8) is 0 Å². The fourth-order valence-corrected chi connectivity index (χ4v) is 2.74. The molecular formula is C17H18ClN3. The van der Waals surface area contributed by atoms with Gasteiger partial charge in [0.05, 0.1) is 16.4 Å². The third kappa shape index (κ3) is 2.67. The molecule has 0 unspecified atom stereocenters. The number of hydrogen-bond donors (Lipinski definition) is 1. The summed E-state index contributed by atoms with van der Waals surface area (Å²) >= 11 is 6.14. The van der Waals surface area contributed by atoms with Crippen LogP contribution in [-0.2, 0) is 12.8 Å². The minimum absolute atomic E-state index is 0.581. The van der Waals surface area contributed by atoms with Crippen LogP contribution >= 0.6 is 11.6 Å². The zero-order chi connectivity index (χ0) is 14.8. The van der Waals surface area contributed by atoms with Crippen LogP contribution in [0.15, 0.2) is 42.6 Å². The van der Waals surface area contributed by atoms with Crippen molar-refractivity contribution in [2.45, 2.75) is 19.8 Å². The number of nitrogens with zero attached hydrogens (tertiary/aromatic N) is 2. The number of nitrogens with two attached hydrogens (primary N) is 1. The van der Waals surface area contributed by atoms with Crippen molar-refractivity contribution < 1.29 is 0 Å². The molecule has 0 spiro atoms. The molecule has 0 radical (unpaired) electrons.